The van der Waals surface area contributed by atoms with Gasteiger partial charge in [-0.25, -0.2) is 9.50 Å². The number of ether oxygens (including phenoxy) is 1. The molecule has 0 bridgehead atoms. The Hall–Kier alpha value is -3.73. The van der Waals surface area contributed by atoms with Crippen LogP contribution in [0.2, 0.25) is 0 Å². The van der Waals surface area contributed by atoms with E-state index in [-0.39, 0.29) is 13.0 Å². The molecule has 8 nitrogen and oxygen atoms in total. The number of carbonyl (C=O) groups is 1. The minimum Gasteiger partial charge on any atom is -0.460 e. The highest BCUT2D eigenvalue weighted by Gasteiger charge is 2.15. The fourth-order valence-corrected chi connectivity index (χ4v) is 3.04. The van der Waals surface area contributed by atoms with Crippen molar-refractivity contribution >= 4 is 17.3 Å². The smallest absolute Gasteiger partial charge is 0.313 e. The molecule has 0 fully saturated rings. The quantitative estimate of drug-likeness (QED) is 0.517. The lowest BCUT2D eigenvalue weighted by atomic mass is 10.2. The van der Waals surface area contributed by atoms with E-state index in [9.17, 15) is 10.1 Å². The first-order valence-electron chi connectivity index (χ1n) is 8.39. The monoisotopic (exact) mass is 360 g/mol. The summed E-state index contributed by atoms with van der Waals surface area (Å²) in [5.74, 6) is 0.351. The maximum Gasteiger partial charge on any atom is 0.313 e. The van der Waals surface area contributed by atoms with Crippen molar-refractivity contribution in [1.82, 2.24) is 24.0 Å². The Kier molecular flexibility index (Phi) is 4.05. The lowest BCUT2D eigenvalue weighted by molar-refractivity contribution is -0.144. The van der Waals surface area contributed by atoms with Gasteiger partial charge in [0.25, 0.3) is 5.78 Å². The van der Waals surface area contributed by atoms with Crippen molar-refractivity contribution < 1.29 is 9.53 Å². The Labute approximate surface area is 154 Å². The van der Waals surface area contributed by atoms with Crippen molar-refractivity contribution in [1.29, 1.82) is 5.26 Å². The highest BCUT2D eigenvalue weighted by molar-refractivity contribution is 5.72. The zero-order chi connectivity index (χ0) is 19.0. The third-order valence-corrected chi connectivity index (χ3v) is 4.23. The fourth-order valence-electron chi connectivity index (χ4n) is 3.04. The van der Waals surface area contributed by atoms with E-state index in [1.807, 2.05) is 48.7 Å². The van der Waals surface area contributed by atoms with Crippen LogP contribution in [0, 0.1) is 25.2 Å². The number of carbonyl (C=O) groups excluding carboxylic acids is 1. The van der Waals surface area contributed by atoms with Crippen LogP contribution in [0.4, 0.5) is 0 Å². The molecule has 0 aliphatic carbocycles. The number of rotatable bonds is 4. The Bertz CT molecular complexity index is 1210. The fraction of sp³-hybridized carbons (Fsp3) is 0.211. The Morgan fingerprint density at radius 1 is 1.30 bits per heavy atom. The Balaban J connectivity index is 1.49. The number of fused-ring (bicyclic) bond motifs is 2. The van der Waals surface area contributed by atoms with Crippen molar-refractivity contribution in [3.8, 4) is 6.07 Å². The second kappa shape index (κ2) is 6.53. The second-order valence-corrected chi connectivity index (χ2v) is 6.25. The lowest BCUT2D eigenvalue weighted by Crippen LogP contribution is -2.09. The van der Waals surface area contributed by atoms with Gasteiger partial charge < -0.3 is 9.14 Å². The van der Waals surface area contributed by atoms with Crippen LogP contribution in [0.25, 0.3) is 11.3 Å². The molecule has 0 aliphatic rings. The van der Waals surface area contributed by atoms with Gasteiger partial charge in [0.1, 0.15) is 19.1 Å². The third-order valence-electron chi connectivity index (χ3n) is 4.23. The summed E-state index contributed by atoms with van der Waals surface area (Å²) in [4.78, 5) is 20.8. The van der Waals surface area contributed by atoms with Crippen molar-refractivity contribution in [2.45, 2.75) is 26.9 Å². The summed E-state index contributed by atoms with van der Waals surface area (Å²) < 4.78 is 8.78. The molecule has 0 aromatic carbocycles. The van der Waals surface area contributed by atoms with Gasteiger partial charge in [-0.1, -0.05) is 6.07 Å². The average molecular weight is 360 g/mol. The standard InChI is InChI=1S/C19H16N6O2/c1-12-7-13(2)25-19(21-12)22-17(23-25)8-18(26)27-11-14-10-24-6-4-3-5-16(24)15(14)9-20/h3-7,10H,8,11H2,1-2H3. The minimum atomic E-state index is -0.459. The number of pyridine rings is 1. The number of aromatic nitrogens is 5. The topological polar surface area (TPSA) is 97.6 Å². The van der Waals surface area contributed by atoms with Crippen LogP contribution in [0.15, 0.2) is 36.7 Å². The largest absolute Gasteiger partial charge is 0.460 e. The van der Waals surface area contributed by atoms with Crippen molar-refractivity contribution in [2.24, 2.45) is 0 Å². The number of aryl methyl sites for hydroxylation is 2. The van der Waals surface area contributed by atoms with Crippen LogP contribution >= 0.6 is 0 Å². The molecule has 4 heterocycles. The first-order valence-corrected chi connectivity index (χ1v) is 8.39. The molecule has 0 unspecified atom stereocenters. The molecule has 4 aromatic rings. The lowest BCUT2D eigenvalue weighted by Gasteiger charge is -2.01. The molecule has 0 saturated carbocycles. The van der Waals surface area contributed by atoms with Crippen LogP contribution < -0.4 is 0 Å². The average Bonchev–Trinajstić information content (AvgIpc) is 3.20. The van der Waals surface area contributed by atoms with Gasteiger partial charge in [-0.2, -0.15) is 10.2 Å². The van der Waals surface area contributed by atoms with Gasteiger partial charge in [-0.3, -0.25) is 4.79 Å². The highest BCUT2D eigenvalue weighted by atomic mass is 16.5. The van der Waals surface area contributed by atoms with Gasteiger partial charge in [0.15, 0.2) is 5.82 Å². The molecular weight excluding hydrogens is 344 g/mol. The molecule has 27 heavy (non-hydrogen) atoms. The Morgan fingerprint density at radius 3 is 2.96 bits per heavy atom. The van der Waals surface area contributed by atoms with E-state index >= 15 is 0 Å². The van der Waals surface area contributed by atoms with Crippen molar-refractivity contribution in [2.75, 3.05) is 0 Å². The third kappa shape index (κ3) is 3.11. The molecule has 8 heteroatoms. The molecule has 0 aliphatic heterocycles. The molecule has 0 atom stereocenters. The van der Waals surface area contributed by atoms with E-state index in [0.717, 1.165) is 16.9 Å². The SMILES string of the molecule is Cc1cc(C)n2nc(CC(=O)OCc3cn4ccccc4c3C#N)nc2n1. The zero-order valence-electron chi connectivity index (χ0n) is 14.9. The van der Waals surface area contributed by atoms with Gasteiger partial charge in [-0.05, 0) is 32.0 Å². The van der Waals surface area contributed by atoms with E-state index < -0.39 is 5.97 Å². The molecule has 134 valence electrons. The number of esters is 1. The number of hydrogen-bond acceptors (Lipinski definition) is 6. The maximum absolute atomic E-state index is 12.2. The van der Waals surface area contributed by atoms with Crippen LogP contribution in [-0.4, -0.2) is 30.0 Å². The van der Waals surface area contributed by atoms with Gasteiger partial charge >= 0.3 is 5.97 Å². The van der Waals surface area contributed by atoms with Crippen molar-refractivity contribution in [3.05, 3.63) is 65.0 Å². The first-order chi connectivity index (χ1) is 13.0. The van der Waals surface area contributed by atoms with Crippen LogP contribution in [0.1, 0.15) is 28.3 Å². The van der Waals surface area contributed by atoms with Crippen LogP contribution in [0.5, 0.6) is 0 Å². The predicted molar refractivity (Wildman–Crippen MR) is 95.9 cm³/mol. The summed E-state index contributed by atoms with van der Waals surface area (Å²) in [6, 6.07) is 9.65. The maximum atomic E-state index is 12.2. The summed E-state index contributed by atoms with van der Waals surface area (Å²) in [7, 11) is 0. The summed E-state index contributed by atoms with van der Waals surface area (Å²) >= 11 is 0. The van der Waals surface area contributed by atoms with Crippen LogP contribution in [0.3, 0.4) is 0 Å². The molecule has 0 saturated heterocycles. The number of nitrogens with zero attached hydrogens (tertiary/aromatic N) is 6. The molecule has 4 rings (SSSR count). The molecule has 4 aromatic heterocycles. The number of nitriles is 1. The van der Waals surface area contributed by atoms with E-state index in [1.165, 1.54) is 0 Å². The van der Waals surface area contributed by atoms with Gasteiger partial charge in [0.05, 0.1) is 11.1 Å². The summed E-state index contributed by atoms with van der Waals surface area (Å²) in [6.07, 6.45) is 3.58. The summed E-state index contributed by atoms with van der Waals surface area (Å²) in [6.45, 7) is 3.80. The molecular formula is C19H16N6O2. The zero-order valence-corrected chi connectivity index (χ0v) is 14.9. The highest BCUT2D eigenvalue weighted by Crippen LogP contribution is 2.18. The van der Waals surface area contributed by atoms with Gasteiger partial charge in [0.2, 0.25) is 0 Å². The molecule has 0 N–H and O–H groups in total. The Morgan fingerprint density at radius 2 is 2.15 bits per heavy atom. The second-order valence-electron chi connectivity index (χ2n) is 6.25. The summed E-state index contributed by atoms with van der Waals surface area (Å²) in [5.41, 5.74) is 3.68. The van der Waals surface area contributed by atoms with Gasteiger partial charge in [0, 0.05) is 29.3 Å². The van der Waals surface area contributed by atoms with E-state index in [1.54, 1.807) is 10.7 Å². The van der Waals surface area contributed by atoms with E-state index in [0.29, 0.717) is 22.7 Å². The van der Waals surface area contributed by atoms with Gasteiger partial charge in [-0.15, -0.1) is 5.10 Å². The molecule has 0 radical (unpaired) electrons. The number of hydrogen-bond donors (Lipinski definition) is 0. The van der Waals surface area contributed by atoms with E-state index in [4.69, 9.17) is 4.74 Å². The molecule has 0 spiro atoms. The van der Waals surface area contributed by atoms with E-state index in [2.05, 4.69) is 21.1 Å². The normalized spacial score (nSPS) is 11.0. The molecule has 0 amide bonds. The minimum absolute atomic E-state index is 0.0210. The predicted octanol–water partition coefficient (Wildman–Crippen LogP) is 2.15. The van der Waals surface area contributed by atoms with Crippen molar-refractivity contribution in [3.63, 3.8) is 0 Å². The van der Waals surface area contributed by atoms with Crippen LogP contribution in [-0.2, 0) is 22.6 Å². The first kappa shape index (κ1) is 16.7. The summed E-state index contributed by atoms with van der Waals surface area (Å²) in [5, 5.41) is 13.7.